The predicted octanol–water partition coefficient (Wildman–Crippen LogP) is 7.61. The Kier molecular flexibility index (Phi) is 5.70. The molecule has 3 heteroatoms. The molecule has 0 spiro atoms. The third-order valence-electron chi connectivity index (χ3n) is 6.34. The molecule has 33 heavy (non-hydrogen) atoms. The van der Waals surface area contributed by atoms with E-state index in [-0.39, 0.29) is 0 Å². The first kappa shape index (κ1) is 21.0. The molecule has 0 fully saturated rings. The average Bonchev–Trinajstić information content (AvgIpc) is 3.28. The number of anilines is 1. The van der Waals surface area contributed by atoms with Crippen molar-refractivity contribution in [1.29, 1.82) is 0 Å². The van der Waals surface area contributed by atoms with Crippen LogP contribution in [0, 0.1) is 13.8 Å². The molecule has 2 heterocycles. The quantitative estimate of drug-likeness (QED) is 0.290. The lowest BCUT2D eigenvalue weighted by atomic mass is 9.89. The minimum absolute atomic E-state index is 0.304. The molecule has 1 atom stereocenters. The number of benzene rings is 3. The number of hydrogen-bond acceptors (Lipinski definition) is 2. The Hall–Kier alpha value is -3.85. The maximum absolute atomic E-state index is 4.94. The number of aromatic amines is 1. The molecule has 0 saturated carbocycles. The monoisotopic (exact) mass is 431 g/mol. The van der Waals surface area contributed by atoms with E-state index in [2.05, 4.69) is 116 Å². The minimum atomic E-state index is 0.304. The van der Waals surface area contributed by atoms with Crippen molar-refractivity contribution in [2.75, 3.05) is 5.32 Å². The Morgan fingerprint density at radius 2 is 1.64 bits per heavy atom. The Bertz CT molecular complexity index is 1370. The number of aryl methyl sites for hydroxylation is 2. The summed E-state index contributed by atoms with van der Waals surface area (Å²) in [4.78, 5) is 8.43. The van der Waals surface area contributed by atoms with E-state index in [1.807, 2.05) is 6.07 Å². The van der Waals surface area contributed by atoms with E-state index in [4.69, 9.17) is 4.98 Å². The molecule has 0 saturated heterocycles. The fourth-order valence-corrected chi connectivity index (χ4v) is 4.62. The number of H-pyrrole nitrogens is 1. The number of para-hydroxylation sites is 1. The second kappa shape index (κ2) is 8.95. The second-order valence-electron chi connectivity index (χ2n) is 8.82. The van der Waals surface area contributed by atoms with Crippen molar-refractivity contribution in [1.82, 2.24) is 9.97 Å². The van der Waals surface area contributed by atoms with Gasteiger partial charge in [0.1, 0.15) is 0 Å². The standard InChI is InChI=1S/C30H29N3/c1-20-16-21(2)30(26(17-20)22(3)23-10-5-4-6-11-23)31-19-25-13-9-15-28(32-25)29-18-24-12-7-8-14-27(24)33-29/h4-18,22,31,33H,19H2,1-3H3. The van der Waals surface area contributed by atoms with Crippen LogP contribution in [0.5, 0.6) is 0 Å². The van der Waals surface area contributed by atoms with Gasteiger partial charge in [-0.1, -0.05) is 79.2 Å². The van der Waals surface area contributed by atoms with Crippen molar-refractivity contribution >= 4 is 16.6 Å². The first-order valence-electron chi connectivity index (χ1n) is 11.5. The fraction of sp³-hybridized carbons (Fsp3) is 0.167. The fourth-order valence-electron chi connectivity index (χ4n) is 4.62. The highest BCUT2D eigenvalue weighted by atomic mass is 14.9. The summed E-state index contributed by atoms with van der Waals surface area (Å²) in [5.74, 6) is 0.304. The summed E-state index contributed by atoms with van der Waals surface area (Å²) in [6.45, 7) is 7.31. The van der Waals surface area contributed by atoms with Crippen molar-refractivity contribution in [3.8, 4) is 11.4 Å². The minimum Gasteiger partial charge on any atom is -0.379 e. The van der Waals surface area contributed by atoms with Crippen LogP contribution in [0.1, 0.15) is 40.8 Å². The second-order valence-corrected chi connectivity index (χ2v) is 8.82. The van der Waals surface area contributed by atoms with Crippen LogP contribution in [-0.2, 0) is 6.54 Å². The van der Waals surface area contributed by atoms with Crippen molar-refractivity contribution in [3.05, 3.63) is 119 Å². The lowest BCUT2D eigenvalue weighted by Crippen LogP contribution is -2.09. The summed E-state index contributed by atoms with van der Waals surface area (Å²) >= 11 is 0. The molecule has 2 N–H and O–H groups in total. The van der Waals surface area contributed by atoms with Crippen molar-refractivity contribution < 1.29 is 0 Å². The van der Waals surface area contributed by atoms with E-state index in [1.54, 1.807) is 0 Å². The smallest absolute Gasteiger partial charge is 0.0868 e. The summed E-state index contributed by atoms with van der Waals surface area (Å²) in [6.07, 6.45) is 0. The van der Waals surface area contributed by atoms with Gasteiger partial charge in [-0.3, -0.25) is 0 Å². The lowest BCUT2D eigenvalue weighted by Gasteiger charge is -2.21. The molecule has 3 nitrogen and oxygen atoms in total. The van der Waals surface area contributed by atoms with Crippen molar-refractivity contribution in [3.63, 3.8) is 0 Å². The Labute approximate surface area is 195 Å². The summed E-state index contributed by atoms with van der Waals surface area (Å²) in [7, 11) is 0. The van der Waals surface area contributed by atoms with Gasteiger partial charge >= 0.3 is 0 Å². The molecule has 1 unspecified atom stereocenters. The number of fused-ring (bicyclic) bond motifs is 1. The zero-order valence-electron chi connectivity index (χ0n) is 19.4. The van der Waals surface area contributed by atoms with Crippen molar-refractivity contribution in [2.24, 2.45) is 0 Å². The van der Waals surface area contributed by atoms with Gasteiger partial charge in [0.2, 0.25) is 0 Å². The van der Waals surface area contributed by atoms with Crippen molar-refractivity contribution in [2.45, 2.75) is 33.2 Å². The number of nitrogens with one attached hydrogen (secondary N) is 2. The first-order chi connectivity index (χ1) is 16.1. The molecule has 0 bridgehead atoms. The first-order valence-corrected chi connectivity index (χ1v) is 11.5. The number of nitrogens with zero attached hydrogens (tertiary/aromatic N) is 1. The van der Waals surface area contributed by atoms with Gasteiger partial charge in [0.15, 0.2) is 0 Å². The van der Waals surface area contributed by atoms with Gasteiger partial charge < -0.3 is 10.3 Å². The zero-order chi connectivity index (χ0) is 22.8. The Morgan fingerprint density at radius 1 is 0.848 bits per heavy atom. The summed E-state index contributed by atoms with van der Waals surface area (Å²) in [6, 6.07) is 32.0. The van der Waals surface area contributed by atoms with Crippen LogP contribution < -0.4 is 5.32 Å². The van der Waals surface area contributed by atoms with Crippen LogP contribution in [0.15, 0.2) is 91.0 Å². The van der Waals surface area contributed by atoms with Gasteiger partial charge in [-0.25, -0.2) is 4.98 Å². The molecule has 0 aliphatic carbocycles. The lowest BCUT2D eigenvalue weighted by molar-refractivity contribution is 0.911. The molecule has 5 aromatic rings. The van der Waals surface area contributed by atoms with Gasteiger partial charge in [-0.15, -0.1) is 0 Å². The number of rotatable bonds is 6. The normalized spacial score (nSPS) is 12.1. The maximum Gasteiger partial charge on any atom is 0.0868 e. The molecule has 0 radical (unpaired) electrons. The van der Waals surface area contributed by atoms with Gasteiger partial charge in [0.25, 0.3) is 0 Å². The van der Waals surface area contributed by atoms with Crippen LogP contribution in [0.25, 0.3) is 22.3 Å². The number of pyridine rings is 1. The predicted molar refractivity (Wildman–Crippen MR) is 139 cm³/mol. The van der Waals surface area contributed by atoms with Crippen LogP contribution in [0.2, 0.25) is 0 Å². The summed E-state index contributed by atoms with van der Waals surface area (Å²) in [5, 5.41) is 4.91. The van der Waals surface area contributed by atoms with Gasteiger partial charge in [-0.05, 0) is 54.8 Å². The molecule has 2 aromatic heterocycles. The molecular formula is C30H29N3. The number of aromatic nitrogens is 2. The summed E-state index contributed by atoms with van der Waals surface area (Å²) in [5.41, 5.74) is 10.6. The van der Waals surface area contributed by atoms with E-state index in [0.717, 1.165) is 22.6 Å². The molecule has 5 rings (SSSR count). The Morgan fingerprint density at radius 3 is 2.45 bits per heavy atom. The maximum atomic E-state index is 4.94. The Balaban J connectivity index is 1.42. The molecule has 3 aromatic carbocycles. The highest BCUT2D eigenvalue weighted by Crippen LogP contribution is 2.34. The van der Waals surface area contributed by atoms with E-state index in [9.17, 15) is 0 Å². The summed E-state index contributed by atoms with van der Waals surface area (Å²) < 4.78 is 0. The number of hydrogen-bond donors (Lipinski definition) is 2. The van der Waals surface area contributed by atoms with E-state index >= 15 is 0 Å². The SMILES string of the molecule is Cc1cc(C)c(NCc2cccc(-c3cc4ccccc4[nH]3)n2)c(C(C)c2ccccc2)c1. The molecule has 0 aliphatic rings. The average molecular weight is 432 g/mol. The van der Waals surface area contributed by atoms with Crippen LogP contribution in [0.3, 0.4) is 0 Å². The molecule has 164 valence electrons. The topological polar surface area (TPSA) is 40.7 Å². The van der Waals surface area contributed by atoms with E-state index in [0.29, 0.717) is 12.5 Å². The van der Waals surface area contributed by atoms with E-state index < -0.39 is 0 Å². The molecule has 0 aliphatic heterocycles. The largest absolute Gasteiger partial charge is 0.379 e. The third-order valence-corrected chi connectivity index (χ3v) is 6.34. The van der Waals surface area contributed by atoms with Gasteiger partial charge in [-0.2, -0.15) is 0 Å². The van der Waals surface area contributed by atoms with Crippen LogP contribution >= 0.6 is 0 Å². The highest BCUT2D eigenvalue weighted by Gasteiger charge is 2.16. The van der Waals surface area contributed by atoms with E-state index in [1.165, 1.54) is 33.3 Å². The van der Waals surface area contributed by atoms with Crippen LogP contribution in [0.4, 0.5) is 5.69 Å². The molecular weight excluding hydrogens is 402 g/mol. The zero-order valence-corrected chi connectivity index (χ0v) is 19.4. The van der Waals surface area contributed by atoms with Crippen LogP contribution in [-0.4, -0.2) is 9.97 Å². The molecule has 0 amide bonds. The third kappa shape index (κ3) is 4.40. The highest BCUT2D eigenvalue weighted by molar-refractivity contribution is 5.85. The van der Waals surface area contributed by atoms with Gasteiger partial charge in [0, 0.05) is 22.5 Å². The van der Waals surface area contributed by atoms with Gasteiger partial charge in [0.05, 0.1) is 23.6 Å².